The van der Waals surface area contributed by atoms with Gasteiger partial charge in [-0.1, -0.05) is 45.7 Å². The summed E-state index contributed by atoms with van der Waals surface area (Å²) < 4.78 is 8.44. The molecule has 2 fully saturated rings. The standard InChI is InChI=1S/C27H25BrClN5O2/c1-36-24-12-11-21(29)26(31-24)27(35)34-19-9-10-20(34)15-32(14-19)16-22-25(17-5-7-18(28)8-6-17)30-23-4-2-3-13-33(22)23/h2-8,11-13,19-20H,9-10,14-16H2,1H3. The fourth-order valence-corrected chi connectivity index (χ4v) is 5.96. The number of hydrogen-bond donors (Lipinski definition) is 0. The van der Waals surface area contributed by atoms with Crippen molar-refractivity contribution in [2.24, 2.45) is 0 Å². The Bertz CT molecular complexity index is 1430. The van der Waals surface area contributed by atoms with E-state index in [-0.39, 0.29) is 23.7 Å². The number of hydrogen-bond acceptors (Lipinski definition) is 5. The fraction of sp³-hybridized carbons (Fsp3) is 0.296. The van der Waals surface area contributed by atoms with E-state index >= 15 is 0 Å². The number of aromatic nitrogens is 3. The Kier molecular flexibility index (Phi) is 6.19. The zero-order valence-corrected chi connectivity index (χ0v) is 22.1. The predicted octanol–water partition coefficient (Wildman–Crippen LogP) is 5.31. The molecule has 2 saturated heterocycles. The molecule has 2 aliphatic rings. The predicted molar refractivity (Wildman–Crippen MR) is 142 cm³/mol. The Morgan fingerprint density at radius 1 is 1.06 bits per heavy atom. The third-order valence-electron chi connectivity index (χ3n) is 7.14. The molecule has 2 unspecified atom stereocenters. The van der Waals surface area contributed by atoms with Gasteiger partial charge in [0.2, 0.25) is 5.88 Å². The van der Waals surface area contributed by atoms with Crippen LogP contribution >= 0.6 is 27.5 Å². The SMILES string of the molecule is COc1ccc(Cl)c(C(=O)N2C3CCC2CN(Cc2c(-c4ccc(Br)cc4)nc4ccccn24)C3)n1. The van der Waals surface area contributed by atoms with Crippen LogP contribution in [-0.2, 0) is 6.54 Å². The summed E-state index contributed by atoms with van der Waals surface area (Å²) in [7, 11) is 1.54. The topological polar surface area (TPSA) is 63.0 Å². The van der Waals surface area contributed by atoms with E-state index in [9.17, 15) is 4.79 Å². The molecule has 2 aliphatic heterocycles. The first-order valence-electron chi connectivity index (χ1n) is 12.0. The minimum absolute atomic E-state index is 0.114. The lowest BCUT2D eigenvalue weighted by molar-refractivity contribution is 0.0396. The Morgan fingerprint density at radius 2 is 1.81 bits per heavy atom. The van der Waals surface area contributed by atoms with Crippen molar-refractivity contribution in [2.75, 3.05) is 20.2 Å². The van der Waals surface area contributed by atoms with Crippen LogP contribution in [0.3, 0.4) is 0 Å². The maximum Gasteiger partial charge on any atom is 0.274 e. The monoisotopic (exact) mass is 565 g/mol. The molecule has 184 valence electrons. The molecule has 36 heavy (non-hydrogen) atoms. The molecule has 1 aromatic carbocycles. The summed E-state index contributed by atoms with van der Waals surface area (Å²) in [6.07, 6.45) is 4.02. The van der Waals surface area contributed by atoms with Gasteiger partial charge in [0, 0.05) is 54.0 Å². The van der Waals surface area contributed by atoms with Crippen molar-refractivity contribution < 1.29 is 9.53 Å². The number of carbonyl (C=O) groups is 1. The van der Waals surface area contributed by atoms with Gasteiger partial charge >= 0.3 is 0 Å². The van der Waals surface area contributed by atoms with Crippen molar-refractivity contribution in [1.82, 2.24) is 24.2 Å². The van der Waals surface area contributed by atoms with Crippen LogP contribution < -0.4 is 4.74 Å². The van der Waals surface area contributed by atoms with Crippen LogP contribution in [0.1, 0.15) is 29.0 Å². The first kappa shape index (κ1) is 23.5. The molecule has 1 amide bonds. The molecule has 5 heterocycles. The van der Waals surface area contributed by atoms with Gasteiger partial charge in [-0.3, -0.25) is 9.69 Å². The molecule has 4 aromatic rings. The first-order chi connectivity index (χ1) is 17.5. The number of ether oxygens (including phenoxy) is 1. The number of piperazine rings is 1. The maximum absolute atomic E-state index is 13.5. The summed E-state index contributed by atoms with van der Waals surface area (Å²) >= 11 is 9.89. The van der Waals surface area contributed by atoms with Gasteiger partial charge in [0.15, 0.2) is 5.69 Å². The van der Waals surface area contributed by atoms with Gasteiger partial charge in [-0.25, -0.2) is 9.97 Å². The summed E-state index contributed by atoms with van der Waals surface area (Å²) in [6, 6.07) is 18.0. The van der Waals surface area contributed by atoms with E-state index in [0.29, 0.717) is 10.9 Å². The second-order valence-corrected chi connectivity index (χ2v) is 10.6. The van der Waals surface area contributed by atoms with Gasteiger partial charge in [0.05, 0.1) is 23.5 Å². The van der Waals surface area contributed by atoms with Crippen LogP contribution in [0.5, 0.6) is 5.88 Å². The van der Waals surface area contributed by atoms with Crippen molar-refractivity contribution in [3.8, 4) is 17.1 Å². The molecular weight excluding hydrogens is 542 g/mol. The lowest BCUT2D eigenvalue weighted by atomic mass is 10.1. The van der Waals surface area contributed by atoms with Gasteiger partial charge in [-0.2, -0.15) is 0 Å². The summed E-state index contributed by atoms with van der Waals surface area (Å²) in [4.78, 5) is 27.3. The minimum atomic E-state index is -0.114. The molecule has 0 aliphatic carbocycles. The lowest BCUT2D eigenvalue weighted by Gasteiger charge is -2.41. The van der Waals surface area contributed by atoms with Crippen LogP contribution in [0.4, 0.5) is 0 Å². The summed E-state index contributed by atoms with van der Waals surface area (Å²) in [5.74, 6) is 0.276. The van der Waals surface area contributed by atoms with Gasteiger partial charge in [-0.05, 0) is 43.2 Å². The van der Waals surface area contributed by atoms with E-state index in [1.54, 1.807) is 12.1 Å². The highest BCUT2D eigenvalue weighted by molar-refractivity contribution is 9.10. The van der Waals surface area contributed by atoms with Gasteiger partial charge < -0.3 is 14.0 Å². The number of nitrogens with zero attached hydrogens (tertiary/aromatic N) is 5. The average Bonchev–Trinajstić information content (AvgIpc) is 3.38. The summed E-state index contributed by atoms with van der Waals surface area (Å²) in [5, 5.41) is 0.354. The van der Waals surface area contributed by atoms with E-state index < -0.39 is 0 Å². The number of likely N-dealkylation sites (tertiary alicyclic amines) is 1. The largest absolute Gasteiger partial charge is 0.481 e. The number of amides is 1. The average molecular weight is 567 g/mol. The Labute approximate surface area is 222 Å². The molecular formula is C27H25BrClN5O2. The Morgan fingerprint density at radius 3 is 2.53 bits per heavy atom. The highest BCUT2D eigenvalue weighted by atomic mass is 79.9. The second kappa shape index (κ2) is 9.50. The van der Waals surface area contributed by atoms with Crippen LogP contribution in [0.15, 0.2) is 65.3 Å². The summed E-state index contributed by atoms with van der Waals surface area (Å²) in [5.41, 5.74) is 4.44. The van der Waals surface area contributed by atoms with Crippen molar-refractivity contribution in [1.29, 1.82) is 0 Å². The smallest absolute Gasteiger partial charge is 0.274 e. The number of rotatable bonds is 5. The second-order valence-electron chi connectivity index (χ2n) is 9.32. The number of imidazole rings is 1. The van der Waals surface area contributed by atoms with Gasteiger partial charge in [-0.15, -0.1) is 0 Å². The van der Waals surface area contributed by atoms with E-state index in [0.717, 1.165) is 59.5 Å². The molecule has 3 aromatic heterocycles. The zero-order valence-electron chi connectivity index (χ0n) is 19.8. The van der Waals surface area contributed by atoms with Crippen molar-refractivity contribution in [2.45, 2.75) is 31.5 Å². The molecule has 2 atom stereocenters. The number of halogens is 2. The fourth-order valence-electron chi connectivity index (χ4n) is 5.51. The third kappa shape index (κ3) is 4.17. The molecule has 6 rings (SSSR count). The maximum atomic E-state index is 13.5. The number of benzene rings is 1. The van der Waals surface area contributed by atoms with Gasteiger partial charge in [0.1, 0.15) is 5.65 Å². The molecule has 0 saturated carbocycles. The molecule has 0 spiro atoms. The van der Waals surface area contributed by atoms with Crippen LogP contribution in [-0.4, -0.2) is 62.4 Å². The van der Waals surface area contributed by atoms with Crippen LogP contribution in [0, 0.1) is 0 Å². The van der Waals surface area contributed by atoms with E-state index in [1.165, 1.54) is 7.11 Å². The number of pyridine rings is 2. The van der Waals surface area contributed by atoms with E-state index in [4.69, 9.17) is 21.3 Å². The molecule has 0 N–H and O–H groups in total. The molecule has 0 radical (unpaired) electrons. The van der Waals surface area contributed by atoms with Crippen LogP contribution in [0.25, 0.3) is 16.9 Å². The molecule has 9 heteroatoms. The van der Waals surface area contributed by atoms with Gasteiger partial charge in [0.25, 0.3) is 5.91 Å². The van der Waals surface area contributed by atoms with Crippen LogP contribution in [0.2, 0.25) is 5.02 Å². The normalized spacial score (nSPS) is 19.7. The highest BCUT2D eigenvalue weighted by Gasteiger charge is 2.43. The third-order valence-corrected chi connectivity index (χ3v) is 7.98. The number of methoxy groups -OCH3 is 1. The summed E-state index contributed by atoms with van der Waals surface area (Å²) in [6.45, 7) is 2.34. The molecule has 7 nitrogen and oxygen atoms in total. The number of carbonyl (C=O) groups excluding carboxylic acids is 1. The van der Waals surface area contributed by atoms with Crippen molar-refractivity contribution >= 4 is 39.1 Å². The quantitative estimate of drug-likeness (QED) is 0.328. The first-order valence-corrected chi connectivity index (χ1v) is 13.2. The zero-order chi connectivity index (χ0) is 24.8. The Hall–Kier alpha value is -2.94. The van der Waals surface area contributed by atoms with Crippen molar-refractivity contribution in [3.63, 3.8) is 0 Å². The Balaban J connectivity index is 1.27. The highest BCUT2D eigenvalue weighted by Crippen LogP contribution is 2.35. The molecule has 2 bridgehead atoms. The van der Waals surface area contributed by atoms with Crippen molar-refractivity contribution in [3.05, 3.63) is 81.7 Å². The number of fused-ring (bicyclic) bond motifs is 3. The van der Waals surface area contributed by atoms with E-state index in [2.05, 4.69) is 48.5 Å². The lowest BCUT2D eigenvalue weighted by Crippen LogP contribution is -2.55. The van der Waals surface area contributed by atoms with E-state index in [1.807, 2.05) is 35.2 Å². The minimum Gasteiger partial charge on any atom is -0.481 e.